The molecule has 0 saturated carbocycles. The Labute approximate surface area is 161 Å². The van der Waals surface area contributed by atoms with Crippen molar-refractivity contribution in [2.24, 2.45) is 0 Å². The van der Waals surface area contributed by atoms with Crippen molar-refractivity contribution in [1.82, 2.24) is 15.3 Å². The molecule has 3 N–H and O–H groups in total. The number of anilines is 1. The van der Waals surface area contributed by atoms with Crippen LogP contribution in [0.4, 0.5) is 5.69 Å². The molecule has 2 amide bonds. The van der Waals surface area contributed by atoms with Crippen molar-refractivity contribution in [3.63, 3.8) is 0 Å². The normalized spacial score (nSPS) is 16.0. The van der Waals surface area contributed by atoms with E-state index in [0.717, 1.165) is 27.4 Å². The van der Waals surface area contributed by atoms with Gasteiger partial charge in [0.25, 0.3) is 11.8 Å². The average Bonchev–Trinajstić information content (AvgIpc) is 3.11. The van der Waals surface area contributed by atoms with Crippen LogP contribution in [0.1, 0.15) is 39.3 Å². The summed E-state index contributed by atoms with van der Waals surface area (Å²) in [5.74, 6) is -0.123. The highest BCUT2D eigenvalue weighted by Crippen LogP contribution is 2.32. The van der Waals surface area contributed by atoms with Crippen LogP contribution >= 0.6 is 0 Å². The van der Waals surface area contributed by atoms with Crippen molar-refractivity contribution in [3.8, 4) is 0 Å². The van der Waals surface area contributed by atoms with Crippen molar-refractivity contribution in [2.75, 3.05) is 11.9 Å². The molecule has 6 heteroatoms. The van der Waals surface area contributed by atoms with Crippen LogP contribution in [0.3, 0.4) is 0 Å². The molecular weight excluding hydrogens is 352 g/mol. The van der Waals surface area contributed by atoms with Gasteiger partial charge in [0.15, 0.2) is 0 Å². The first-order valence-corrected chi connectivity index (χ1v) is 9.21. The molecule has 1 unspecified atom stereocenters. The predicted octanol–water partition coefficient (Wildman–Crippen LogP) is 3.82. The second-order valence-electron chi connectivity index (χ2n) is 7.12. The third kappa shape index (κ3) is 2.53. The minimum absolute atomic E-state index is 0.0999. The first-order valence-electron chi connectivity index (χ1n) is 9.21. The van der Waals surface area contributed by atoms with E-state index in [1.807, 2.05) is 42.5 Å². The fraction of sp³-hybridized carbons (Fsp3) is 0.136. The van der Waals surface area contributed by atoms with Gasteiger partial charge in [0, 0.05) is 40.5 Å². The van der Waals surface area contributed by atoms with E-state index in [1.165, 1.54) is 0 Å². The molecule has 3 heterocycles. The van der Waals surface area contributed by atoms with E-state index in [4.69, 9.17) is 0 Å². The quantitative estimate of drug-likeness (QED) is 0.501. The average molecular weight is 370 g/mol. The summed E-state index contributed by atoms with van der Waals surface area (Å²) in [5, 5.41) is 7.73. The fourth-order valence-corrected chi connectivity index (χ4v) is 3.88. The highest BCUT2D eigenvalue weighted by molar-refractivity contribution is 6.11. The predicted molar refractivity (Wildman–Crippen MR) is 109 cm³/mol. The second kappa shape index (κ2) is 6.20. The standard InChI is InChI=1S/C22H18N4O2/c1-12-11-24-22(28)20-18(12)15-10-14(7-8-16(15)25-20)21(27)26-17-6-2-4-13-5-3-9-23-19(13)17/h2-10,12,25H,11H2,1H3,(H,24,28)(H,26,27). The van der Waals surface area contributed by atoms with E-state index in [-0.39, 0.29) is 17.7 Å². The number of carbonyl (C=O) groups excluding carboxylic acids is 2. The van der Waals surface area contributed by atoms with Crippen molar-refractivity contribution < 1.29 is 9.59 Å². The maximum atomic E-state index is 12.9. The topological polar surface area (TPSA) is 86.9 Å². The molecule has 28 heavy (non-hydrogen) atoms. The number of carbonyl (C=O) groups is 2. The highest BCUT2D eigenvalue weighted by Gasteiger charge is 2.27. The van der Waals surface area contributed by atoms with Crippen molar-refractivity contribution in [1.29, 1.82) is 0 Å². The number of pyridine rings is 1. The van der Waals surface area contributed by atoms with Gasteiger partial charge in [-0.1, -0.05) is 25.1 Å². The Bertz CT molecular complexity index is 1250. The molecule has 5 rings (SSSR count). The molecule has 0 aliphatic carbocycles. The van der Waals surface area contributed by atoms with Gasteiger partial charge in [-0.15, -0.1) is 0 Å². The lowest BCUT2D eigenvalue weighted by Crippen LogP contribution is -2.33. The van der Waals surface area contributed by atoms with Gasteiger partial charge in [-0.05, 0) is 35.9 Å². The van der Waals surface area contributed by atoms with Crippen molar-refractivity contribution >= 4 is 39.3 Å². The first kappa shape index (κ1) is 16.5. The Balaban J connectivity index is 1.55. The number of benzene rings is 2. The molecule has 4 aromatic rings. The number of nitrogens with one attached hydrogen (secondary N) is 3. The Morgan fingerprint density at radius 2 is 2.04 bits per heavy atom. The zero-order valence-corrected chi connectivity index (χ0v) is 15.2. The lowest BCUT2D eigenvalue weighted by atomic mass is 9.93. The maximum absolute atomic E-state index is 12.9. The lowest BCUT2D eigenvalue weighted by molar-refractivity contribution is 0.0936. The van der Waals surface area contributed by atoms with Gasteiger partial charge in [-0.25, -0.2) is 0 Å². The van der Waals surface area contributed by atoms with Gasteiger partial charge in [-0.2, -0.15) is 0 Å². The molecule has 6 nitrogen and oxygen atoms in total. The van der Waals surface area contributed by atoms with Crippen LogP contribution in [0.2, 0.25) is 0 Å². The molecule has 1 aliphatic rings. The maximum Gasteiger partial charge on any atom is 0.268 e. The summed E-state index contributed by atoms with van der Waals surface area (Å²) in [4.78, 5) is 32.6. The van der Waals surface area contributed by atoms with Crippen molar-refractivity contribution in [3.05, 3.63) is 71.5 Å². The number of nitrogens with zero attached hydrogens (tertiary/aromatic N) is 1. The SMILES string of the molecule is CC1CNC(=O)c2[nH]c3ccc(C(=O)Nc4cccc5cccnc45)cc3c21. The summed E-state index contributed by atoms with van der Waals surface area (Å²) in [7, 11) is 0. The highest BCUT2D eigenvalue weighted by atomic mass is 16.2. The van der Waals surface area contributed by atoms with Crippen LogP contribution in [0, 0.1) is 0 Å². The Morgan fingerprint density at radius 3 is 2.93 bits per heavy atom. The van der Waals surface area contributed by atoms with Crippen LogP contribution in [-0.2, 0) is 0 Å². The van der Waals surface area contributed by atoms with Gasteiger partial charge in [-0.3, -0.25) is 14.6 Å². The van der Waals surface area contributed by atoms with Crippen molar-refractivity contribution in [2.45, 2.75) is 12.8 Å². The first-order chi connectivity index (χ1) is 13.6. The third-order valence-electron chi connectivity index (χ3n) is 5.27. The Morgan fingerprint density at radius 1 is 1.18 bits per heavy atom. The largest absolute Gasteiger partial charge is 0.350 e. The summed E-state index contributed by atoms with van der Waals surface area (Å²) in [6.07, 6.45) is 1.71. The van der Waals surface area contributed by atoms with E-state index < -0.39 is 0 Å². The molecule has 1 aliphatic heterocycles. The molecule has 2 aromatic heterocycles. The summed E-state index contributed by atoms with van der Waals surface area (Å²) in [6.45, 7) is 2.66. The second-order valence-corrected chi connectivity index (χ2v) is 7.12. The number of amides is 2. The van der Waals surface area contributed by atoms with Crippen LogP contribution in [0.15, 0.2) is 54.7 Å². The summed E-state index contributed by atoms with van der Waals surface area (Å²) in [6, 6.07) is 15.0. The van der Waals surface area contributed by atoms with Gasteiger partial charge >= 0.3 is 0 Å². The molecule has 1 atom stereocenters. The minimum Gasteiger partial charge on any atom is -0.350 e. The number of fused-ring (bicyclic) bond motifs is 4. The number of aromatic nitrogens is 2. The van der Waals surface area contributed by atoms with E-state index in [0.29, 0.717) is 23.5 Å². The molecule has 0 fully saturated rings. The van der Waals surface area contributed by atoms with Gasteiger partial charge in [0.1, 0.15) is 5.69 Å². The Hall–Kier alpha value is -3.67. The molecule has 2 aromatic carbocycles. The molecule has 0 saturated heterocycles. The lowest BCUT2D eigenvalue weighted by Gasteiger charge is -2.19. The number of H-pyrrole nitrogens is 1. The van der Waals surface area contributed by atoms with Crippen LogP contribution in [0.25, 0.3) is 21.8 Å². The summed E-state index contributed by atoms with van der Waals surface area (Å²) < 4.78 is 0. The third-order valence-corrected chi connectivity index (χ3v) is 5.27. The van der Waals surface area contributed by atoms with E-state index in [1.54, 1.807) is 12.3 Å². The zero-order valence-electron chi connectivity index (χ0n) is 15.2. The van der Waals surface area contributed by atoms with Crippen LogP contribution in [-0.4, -0.2) is 28.3 Å². The molecular formula is C22H18N4O2. The number of hydrogen-bond acceptors (Lipinski definition) is 3. The van der Waals surface area contributed by atoms with E-state index in [9.17, 15) is 9.59 Å². The summed E-state index contributed by atoms with van der Waals surface area (Å²) >= 11 is 0. The van der Waals surface area contributed by atoms with Gasteiger partial charge in [0.2, 0.25) is 0 Å². The molecule has 0 radical (unpaired) electrons. The van der Waals surface area contributed by atoms with E-state index >= 15 is 0 Å². The van der Waals surface area contributed by atoms with Gasteiger partial charge < -0.3 is 15.6 Å². The number of hydrogen-bond donors (Lipinski definition) is 3. The Kier molecular flexibility index (Phi) is 3.65. The minimum atomic E-state index is -0.206. The molecule has 0 spiro atoms. The van der Waals surface area contributed by atoms with E-state index in [2.05, 4.69) is 27.5 Å². The monoisotopic (exact) mass is 370 g/mol. The smallest absolute Gasteiger partial charge is 0.268 e. The fourth-order valence-electron chi connectivity index (χ4n) is 3.88. The number of aromatic amines is 1. The zero-order chi connectivity index (χ0) is 19.3. The number of rotatable bonds is 2. The van der Waals surface area contributed by atoms with Crippen LogP contribution < -0.4 is 10.6 Å². The molecule has 138 valence electrons. The van der Waals surface area contributed by atoms with Gasteiger partial charge in [0.05, 0.1) is 11.2 Å². The molecule has 0 bridgehead atoms. The van der Waals surface area contributed by atoms with Crippen LogP contribution in [0.5, 0.6) is 0 Å². The number of para-hydroxylation sites is 1. The summed E-state index contributed by atoms with van der Waals surface area (Å²) in [5.41, 5.74) is 4.39.